The number of aliphatic hydroxyl groups excluding tert-OH is 1. The van der Waals surface area contributed by atoms with Crippen LogP contribution < -0.4 is 5.32 Å². The molecular weight excluding hydrogens is 138 g/mol. The van der Waals surface area contributed by atoms with Crippen LogP contribution in [0.4, 0.5) is 0 Å². The van der Waals surface area contributed by atoms with Gasteiger partial charge in [0.2, 0.25) is 0 Å². The number of β-amino-alcohol motifs (C(OH)–C–C–N with tert-alkyl or cyclic N) is 1. The number of piperidine rings is 1. The van der Waals surface area contributed by atoms with E-state index in [1.54, 1.807) is 0 Å². The molecule has 2 N–H and O–H groups in total. The maximum Gasteiger partial charge on any atom is 0.0693 e. The zero-order chi connectivity index (χ0) is 8.43. The van der Waals surface area contributed by atoms with E-state index in [0.717, 1.165) is 13.0 Å². The highest BCUT2D eigenvalue weighted by atomic mass is 16.3. The normalized spacial score (nSPS) is 45.8. The second-order valence-electron chi connectivity index (χ2n) is 3.71. The van der Waals surface area contributed by atoms with Gasteiger partial charge in [0, 0.05) is 12.6 Å². The lowest BCUT2D eigenvalue weighted by Crippen LogP contribution is -2.51. The number of rotatable bonds is 1. The smallest absolute Gasteiger partial charge is 0.0693 e. The molecule has 0 saturated carbocycles. The molecule has 1 aliphatic heterocycles. The molecule has 1 fully saturated rings. The van der Waals surface area contributed by atoms with E-state index in [9.17, 15) is 5.11 Å². The third-order valence-corrected chi connectivity index (χ3v) is 3.10. The number of aliphatic hydroxyl groups is 1. The summed E-state index contributed by atoms with van der Waals surface area (Å²) in [6, 6.07) is 0.605. The maximum atomic E-state index is 9.50. The Kier molecular flexibility index (Phi) is 2.90. The summed E-state index contributed by atoms with van der Waals surface area (Å²) in [7, 11) is 0. The summed E-state index contributed by atoms with van der Waals surface area (Å²) < 4.78 is 0. The molecule has 4 atom stereocenters. The predicted molar refractivity (Wildman–Crippen MR) is 46.4 cm³/mol. The molecule has 0 unspecified atom stereocenters. The van der Waals surface area contributed by atoms with Crippen molar-refractivity contribution in [2.75, 3.05) is 6.54 Å². The van der Waals surface area contributed by atoms with Crippen molar-refractivity contribution in [1.29, 1.82) is 0 Å². The van der Waals surface area contributed by atoms with Crippen LogP contribution in [0.2, 0.25) is 0 Å². The lowest BCUT2D eigenvalue weighted by Gasteiger charge is -2.38. The summed E-state index contributed by atoms with van der Waals surface area (Å²) >= 11 is 0. The van der Waals surface area contributed by atoms with E-state index < -0.39 is 0 Å². The van der Waals surface area contributed by atoms with Crippen molar-refractivity contribution < 1.29 is 5.11 Å². The Morgan fingerprint density at radius 2 is 2.00 bits per heavy atom. The molecule has 1 saturated heterocycles. The van der Waals surface area contributed by atoms with E-state index in [2.05, 4.69) is 26.1 Å². The molecule has 0 spiro atoms. The molecule has 0 aromatic carbocycles. The molecule has 0 aliphatic carbocycles. The lowest BCUT2D eigenvalue weighted by atomic mass is 9.81. The van der Waals surface area contributed by atoms with Crippen molar-refractivity contribution in [2.24, 2.45) is 11.8 Å². The Morgan fingerprint density at radius 3 is 2.55 bits per heavy atom. The highest BCUT2D eigenvalue weighted by Gasteiger charge is 2.31. The molecule has 0 bridgehead atoms. The van der Waals surface area contributed by atoms with Crippen molar-refractivity contribution in [3.63, 3.8) is 0 Å². The van der Waals surface area contributed by atoms with Gasteiger partial charge in [-0.05, 0) is 18.3 Å². The molecule has 11 heavy (non-hydrogen) atoms. The monoisotopic (exact) mass is 157 g/mol. The number of hydrogen-bond donors (Lipinski definition) is 2. The van der Waals surface area contributed by atoms with Gasteiger partial charge >= 0.3 is 0 Å². The van der Waals surface area contributed by atoms with Crippen LogP contribution in [-0.4, -0.2) is 23.8 Å². The minimum Gasteiger partial charge on any atom is -0.392 e. The first-order valence-corrected chi connectivity index (χ1v) is 4.58. The molecule has 0 amide bonds. The molecule has 0 aromatic rings. The van der Waals surface area contributed by atoms with Crippen LogP contribution in [0.1, 0.15) is 27.2 Å². The second-order valence-corrected chi connectivity index (χ2v) is 3.71. The van der Waals surface area contributed by atoms with Crippen molar-refractivity contribution in [3.05, 3.63) is 0 Å². The van der Waals surface area contributed by atoms with Gasteiger partial charge in [-0.15, -0.1) is 0 Å². The van der Waals surface area contributed by atoms with Gasteiger partial charge in [-0.2, -0.15) is 0 Å². The average molecular weight is 157 g/mol. The third kappa shape index (κ3) is 1.74. The van der Waals surface area contributed by atoms with Gasteiger partial charge in [-0.25, -0.2) is 0 Å². The summed E-state index contributed by atoms with van der Waals surface area (Å²) in [4.78, 5) is 0. The molecule has 0 radical (unpaired) electrons. The van der Waals surface area contributed by atoms with Crippen molar-refractivity contribution in [2.45, 2.75) is 39.3 Å². The fraction of sp³-hybridized carbons (Fsp3) is 1.00. The molecule has 1 heterocycles. The zero-order valence-electron chi connectivity index (χ0n) is 7.67. The first-order chi connectivity index (χ1) is 5.16. The Labute approximate surface area is 69.0 Å². The van der Waals surface area contributed by atoms with E-state index in [1.165, 1.54) is 0 Å². The van der Waals surface area contributed by atoms with Gasteiger partial charge in [-0.1, -0.05) is 20.8 Å². The van der Waals surface area contributed by atoms with Gasteiger partial charge in [0.25, 0.3) is 0 Å². The fourth-order valence-electron chi connectivity index (χ4n) is 1.88. The Hall–Kier alpha value is -0.0800. The van der Waals surface area contributed by atoms with E-state index in [4.69, 9.17) is 0 Å². The molecule has 1 rings (SSSR count). The van der Waals surface area contributed by atoms with Crippen LogP contribution in [0.15, 0.2) is 0 Å². The Morgan fingerprint density at radius 1 is 1.36 bits per heavy atom. The Bertz CT molecular complexity index is 125. The van der Waals surface area contributed by atoms with Gasteiger partial charge in [0.15, 0.2) is 0 Å². The summed E-state index contributed by atoms with van der Waals surface area (Å²) in [5.41, 5.74) is 0. The maximum absolute atomic E-state index is 9.50. The Balaban J connectivity index is 2.52. The molecule has 66 valence electrons. The predicted octanol–water partition coefficient (Wildman–Crippen LogP) is 1.00. The van der Waals surface area contributed by atoms with Crippen molar-refractivity contribution >= 4 is 0 Å². The van der Waals surface area contributed by atoms with Crippen molar-refractivity contribution in [3.8, 4) is 0 Å². The standard InChI is InChI=1S/C9H19NO/c1-4-8-6(2)7(3)9(11)5-10-8/h6-11H,4-5H2,1-3H3/t6-,7-,8+,9-/m0/s1. The summed E-state index contributed by atoms with van der Waals surface area (Å²) in [6.07, 6.45) is 1.02. The average Bonchev–Trinajstić information content (AvgIpc) is 2.01. The van der Waals surface area contributed by atoms with Crippen LogP contribution in [0.25, 0.3) is 0 Å². The van der Waals surface area contributed by atoms with Gasteiger partial charge in [-0.3, -0.25) is 0 Å². The second kappa shape index (κ2) is 3.55. The van der Waals surface area contributed by atoms with Crippen LogP contribution in [0, 0.1) is 11.8 Å². The SMILES string of the molecule is CC[C@H]1NC[C@H](O)[C@@H](C)[C@@H]1C. The molecule has 1 aliphatic rings. The highest BCUT2D eigenvalue weighted by Crippen LogP contribution is 2.24. The molecule has 0 aromatic heterocycles. The number of nitrogens with one attached hydrogen (secondary N) is 1. The summed E-state index contributed by atoms with van der Waals surface area (Å²) in [5, 5.41) is 12.8. The number of hydrogen-bond acceptors (Lipinski definition) is 2. The first kappa shape index (κ1) is 9.01. The largest absolute Gasteiger partial charge is 0.392 e. The highest BCUT2D eigenvalue weighted by molar-refractivity contribution is 4.86. The summed E-state index contributed by atoms with van der Waals surface area (Å²) in [5.74, 6) is 1.05. The first-order valence-electron chi connectivity index (χ1n) is 4.58. The van der Waals surface area contributed by atoms with E-state index in [0.29, 0.717) is 17.9 Å². The zero-order valence-corrected chi connectivity index (χ0v) is 7.67. The fourth-order valence-corrected chi connectivity index (χ4v) is 1.88. The molecule has 2 heteroatoms. The third-order valence-electron chi connectivity index (χ3n) is 3.10. The summed E-state index contributed by atoms with van der Waals surface area (Å²) in [6.45, 7) is 7.32. The van der Waals surface area contributed by atoms with E-state index >= 15 is 0 Å². The van der Waals surface area contributed by atoms with Crippen LogP contribution in [-0.2, 0) is 0 Å². The van der Waals surface area contributed by atoms with Gasteiger partial charge in [0.05, 0.1) is 6.10 Å². The van der Waals surface area contributed by atoms with Crippen LogP contribution in [0.3, 0.4) is 0 Å². The molecule has 2 nitrogen and oxygen atoms in total. The van der Waals surface area contributed by atoms with E-state index in [1.807, 2.05) is 0 Å². The van der Waals surface area contributed by atoms with Crippen LogP contribution in [0.5, 0.6) is 0 Å². The van der Waals surface area contributed by atoms with Crippen molar-refractivity contribution in [1.82, 2.24) is 5.32 Å². The van der Waals surface area contributed by atoms with Gasteiger partial charge in [0.1, 0.15) is 0 Å². The quantitative estimate of drug-likeness (QED) is 0.595. The lowest BCUT2D eigenvalue weighted by molar-refractivity contribution is 0.0380. The minimum atomic E-state index is -0.146. The van der Waals surface area contributed by atoms with Gasteiger partial charge < -0.3 is 10.4 Å². The topological polar surface area (TPSA) is 32.3 Å². The van der Waals surface area contributed by atoms with E-state index in [-0.39, 0.29) is 6.10 Å². The minimum absolute atomic E-state index is 0.146. The van der Waals surface area contributed by atoms with Crippen LogP contribution >= 0.6 is 0 Å². The molecular formula is C9H19NO.